The minimum Gasteiger partial charge on any atom is -0.497 e. The molecule has 0 saturated carbocycles. The van der Waals surface area contributed by atoms with E-state index >= 15 is 0 Å². The molecule has 1 aliphatic carbocycles. The third-order valence-corrected chi connectivity index (χ3v) is 11.2. The predicted octanol–water partition coefficient (Wildman–Crippen LogP) is 9.27. The highest BCUT2D eigenvalue weighted by molar-refractivity contribution is 6.07. The maximum Gasteiger partial charge on any atom is 0.178 e. The molecule has 0 aromatic heterocycles. The lowest BCUT2D eigenvalue weighted by molar-refractivity contribution is 0.122. The van der Waals surface area contributed by atoms with Gasteiger partial charge in [-0.15, -0.1) is 0 Å². The first-order valence-corrected chi connectivity index (χ1v) is 16.4. The van der Waals surface area contributed by atoms with Gasteiger partial charge in [-0.3, -0.25) is 0 Å². The van der Waals surface area contributed by atoms with Crippen molar-refractivity contribution in [3.05, 3.63) is 131 Å². The van der Waals surface area contributed by atoms with Crippen molar-refractivity contribution in [2.45, 2.75) is 44.1 Å². The zero-order valence-corrected chi connectivity index (χ0v) is 27.4. The van der Waals surface area contributed by atoms with E-state index in [1.165, 1.54) is 33.3 Å². The molecule has 0 radical (unpaired) electrons. The van der Waals surface area contributed by atoms with E-state index in [0.717, 1.165) is 59.9 Å². The van der Waals surface area contributed by atoms with E-state index in [4.69, 9.17) is 14.2 Å². The summed E-state index contributed by atoms with van der Waals surface area (Å²) in [6.07, 6.45) is 4.62. The zero-order valence-electron chi connectivity index (χ0n) is 27.4. The summed E-state index contributed by atoms with van der Waals surface area (Å²) in [7, 11) is 1.73. The Kier molecular flexibility index (Phi) is 6.60. The van der Waals surface area contributed by atoms with E-state index in [0.29, 0.717) is 0 Å². The SMILES string of the molecule is COc1ccc2c3c(c4c(c2c1)OC(c1ccccc1)(c1ccc(N2CCOCC2)cc1)C=C4)C(C)(C)C(C)(C)c1ccccc1-3. The van der Waals surface area contributed by atoms with E-state index in [1.54, 1.807) is 7.11 Å². The summed E-state index contributed by atoms with van der Waals surface area (Å²) in [5.74, 6) is 1.72. The van der Waals surface area contributed by atoms with Crippen molar-refractivity contribution in [1.82, 2.24) is 0 Å². The monoisotopic (exact) mass is 607 g/mol. The molecule has 1 saturated heterocycles. The Bertz CT molecular complexity index is 1980. The fourth-order valence-corrected chi connectivity index (χ4v) is 7.98. The van der Waals surface area contributed by atoms with Crippen LogP contribution in [0.1, 0.15) is 55.5 Å². The van der Waals surface area contributed by atoms with Crippen molar-refractivity contribution < 1.29 is 14.2 Å². The lowest BCUT2D eigenvalue weighted by Gasteiger charge is -2.50. The first kappa shape index (κ1) is 28.9. The van der Waals surface area contributed by atoms with Crippen LogP contribution in [0.5, 0.6) is 11.5 Å². The number of morpholine rings is 1. The highest BCUT2D eigenvalue weighted by Gasteiger charge is 2.49. The summed E-state index contributed by atoms with van der Waals surface area (Å²) >= 11 is 0. The van der Waals surface area contributed by atoms with Gasteiger partial charge in [0.2, 0.25) is 0 Å². The molecule has 1 fully saturated rings. The molecule has 2 aliphatic heterocycles. The quantitative estimate of drug-likeness (QED) is 0.204. The number of ether oxygens (including phenoxy) is 3. The fraction of sp³-hybridized carbons (Fsp3) is 0.286. The summed E-state index contributed by atoms with van der Waals surface area (Å²) in [5, 5.41) is 2.25. The fourth-order valence-electron chi connectivity index (χ4n) is 7.98. The highest BCUT2D eigenvalue weighted by atomic mass is 16.5. The molecule has 4 nitrogen and oxygen atoms in total. The van der Waals surface area contributed by atoms with Gasteiger partial charge >= 0.3 is 0 Å². The summed E-state index contributed by atoms with van der Waals surface area (Å²) < 4.78 is 18.9. The van der Waals surface area contributed by atoms with E-state index in [1.807, 2.05) is 0 Å². The molecule has 5 aromatic carbocycles. The lowest BCUT2D eigenvalue weighted by atomic mass is 9.54. The summed E-state index contributed by atoms with van der Waals surface area (Å²) in [6.45, 7) is 12.9. The number of methoxy groups -OCH3 is 1. The molecule has 0 bridgehead atoms. The van der Waals surface area contributed by atoms with Crippen molar-refractivity contribution >= 4 is 22.5 Å². The second-order valence-corrected chi connectivity index (χ2v) is 13.9. The van der Waals surface area contributed by atoms with Gasteiger partial charge in [-0.25, -0.2) is 0 Å². The smallest absolute Gasteiger partial charge is 0.178 e. The van der Waals surface area contributed by atoms with Gasteiger partial charge in [0.05, 0.1) is 20.3 Å². The Morgan fingerprint density at radius 2 is 1.41 bits per heavy atom. The van der Waals surface area contributed by atoms with Crippen LogP contribution in [0, 0.1) is 0 Å². The van der Waals surface area contributed by atoms with Crippen LogP contribution in [-0.4, -0.2) is 33.4 Å². The van der Waals surface area contributed by atoms with Crippen LogP contribution in [-0.2, 0) is 21.2 Å². The number of fused-ring (bicyclic) bond motifs is 8. The summed E-state index contributed by atoms with van der Waals surface area (Å²) in [5.41, 5.74) is 8.76. The first-order chi connectivity index (χ1) is 22.3. The Balaban J connectivity index is 1.40. The van der Waals surface area contributed by atoms with Crippen molar-refractivity contribution in [2.75, 3.05) is 38.3 Å². The van der Waals surface area contributed by atoms with Crippen LogP contribution in [0.25, 0.3) is 28.0 Å². The van der Waals surface area contributed by atoms with Gasteiger partial charge in [-0.2, -0.15) is 0 Å². The van der Waals surface area contributed by atoms with Crippen LogP contribution in [0.3, 0.4) is 0 Å². The van der Waals surface area contributed by atoms with Crippen LogP contribution in [0.15, 0.2) is 103 Å². The van der Waals surface area contributed by atoms with Gasteiger partial charge in [-0.05, 0) is 69.5 Å². The molecule has 232 valence electrons. The topological polar surface area (TPSA) is 30.9 Å². The first-order valence-electron chi connectivity index (χ1n) is 16.4. The minimum absolute atomic E-state index is 0.109. The van der Waals surface area contributed by atoms with Crippen LogP contribution in [0.4, 0.5) is 5.69 Å². The maximum absolute atomic E-state index is 7.53. The minimum atomic E-state index is -0.811. The van der Waals surface area contributed by atoms with Gasteiger partial charge in [0.25, 0.3) is 0 Å². The van der Waals surface area contributed by atoms with Gasteiger partial charge in [0.1, 0.15) is 11.5 Å². The van der Waals surface area contributed by atoms with E-state index in [9.17, 15) is 0 Å². The lowest BCUT2D eigenvalue weighted by Crippen LogP contribution is -2.44. The third kappa shape index (κ3) is 4.09. The molecule has 3 aliphatic rings. The molecule has 1 atom stereocenters. The van der Waals surface area contributed by atoms with Gasteiger partial charge in [0.15, 0.2) is 5.60 Å². The average molecular weight is 608 g/mol. The van der Waals surface area contributed by atoms with Crippen molar-refractivity contribution in [1.29, 1.82) is 0 Å². The van der Waals surface area contributed by atoms with Gasteiger partial charge in [-0.1, -0.05) is 101 Å². The molecule has 2 heterocycles. The number of hydrogen-bond acceptors (Lipinski definition) is 4. The molecule has 0 amide bonds. The molecule has 8 rings (SSSR count). The predicted molar refractivity (Wildman–Crippen MR) is 188 cm³/mol. The van der Waals surface area contributed by atoms with Gasteiger partial charge in [0, 0.05) is 46.3 Å². The second kappa shape index (κ2) is 10.5. The van der Waals surface area contributed by atoms with Crippen molar-refractivity contribution in [2.24, 2.45) is 0 Å². The van der Waals surface area contributed by atoms with Crippen LogP contribution < -0.4 is 14.4 Å². The molecule has 1 unspecified atom stereocenters. The normalized spacial score (nSPS) is 20.8. The summed E-state index contributed by atoms with van der Waals surface area (Å²) in [6, 6.07) is 34.9. The molecular weight excluding hydrogens is 566 g/mol. The largest absolute Gasteiger partial charge is 0.497 e. The Morgan fingerprint density at radius 3 is 2.15 bits per heavy atom. The van der Waals surface area contributed by atoms with Crippen LogP contribution >= 0.6 is 0 Å². The Morgan fingerprint density at radius 1 is 0.717 bits per heavy atom. The second-order valence-electron chi connectivity index (χ2n) is 13.9. The number of hydrogen-bond donors (Lipinski definition) is 0. The van der Waals surface area contributed by atoms with Crippen molar-refractivity contribution in [3.8, 4) is 22.6 Å². The highest BCUT2D eigenvalue weighted by Crippen LogP contribution is 2.60. The standard InChI is InChI=1S/C42H41NO3/c1-40(2)36-14-10-9-13-33(36)37-32-20-19-31(44-5)27-35(32)39-34(38(37)41(40,3)4)21-22-42(46-39,28-11-7-6-8-12-28)29-15-17-30(18-16-29)43-23-25-45-26-24-43/h6-22,27H,23-26H2,1-5H3. The Labute approximate surface area is 272 Å². The summed E-state index contributed by atoms with van der Waals surface area (Å²) in [4.78, 5) is 2.39. The van der Waals surface area contributed by atoms with Gasteiger partial charge < -0.3 is 19.1 Å². The van der Waals surface area contributed by atoms with Crippen molar-refractivity contribution in [3.63, 3.8) is 0 Å². The van der Waals surface area contributed by atoms with E-state index in [-0.39, 0.29) is 10.8 Å². The maximum atomic E-state index is 7.53. The zero-order chi connectivity index (χ0) is 31.7. The molecule has 4 heteroatoms. The number of anilines is 1. The molecule has 5 aromatic rings. The van der Waals surface area contributed by atoms with E-state index in [2.05, 4.69) is 142 Å². The van der Waals surface area contributed by atoms with Crippen LogP contribution in [0.2, 0.25) is 0 Å². The molecule has 0 spiro atoms. The Hall–Kier alpha value is -4.54. The number of benzene rings is 5. The van der Waals surface area contributed by atoms with E-state index < -0.39 is 5.60 Å². The number of nitrogens with zero attached hydrogens (tertiary/aromatic N) is 1. The third-order valence-electron chi connectivity index (χ3n) is 11.2. The number of rotatable bonds is 4. The molecule has 46 heavy (non-hydrogen) atoms. The molecular formula is C42H41NO3. The molecule has 0 N–H and O–H groups in total. The average Bonchev–Trinajstić information content (AvgIpc) is 3.11.